The van der Waals surface area contributed by atoms with E-state index in [2.05, 4.69) is 54.2 Å². The highest BCUT2D eigenvalue weighted by Crippen LogP contribution is 2.30. The lowest BCUT2D eigenvalue weighted by Crippen LogP contribution is -2.21. The molecule has 0 aliphatic carbocycles. The number of thiophene rings is 1. The molecular weight excluding hydrogens is 258 g/mol. The number of halogens is 1. The Kier molecular flexibility index (Phi) is 5.13. The van der Waals surface area contributed by atoms with Gasteiger partial charge in [-0.15, -0.1) is 11.3 Å². The Morgan fingerprint density at radius 3 is 2.57 bits per heavy atom. The number of hydrogen-bond donors (Lipinski definition) is 1. The molecule has 0 bridgehead atoms. The van der Waals surface area contributed by atoms with Gasteiger partial charge in [0.25, 0.3) is 0 Å². The fourth-order valence-corrected chi connectivity index (χ4v) is 3.05. The first-order valence-electron chi connectivity index (χ1n) is 5.12. The molecule has 0 spiro atoms. The summed E-state index contributed by atoms with van der Waals surface area (Å²) in [6.07, 6.45) is 1.21. The van der Waals surface area contributed by atoms with Crippen LogP contribution >= 0.6 is 27.3 Å². The van der Waals surface area contributed by atoms with E-state index in [9.17, 15) is 0 Å². The summed E-state index contributed by atoms with van der Waals surface area (Å²) in [5, 5.41) is 3.53. The molecule has 0 saturated heterocycles. The Morgan fingerprint density at radius 2 is 2.14 bits per heavy atom. The van der Waals surface area contributed by atoms with Crippen LogP contribution in [0.25, 0.3) is 0 Å². The normalized spacial score (nSPS) is 13.5. The molecule has 1 rings (SSSR count). The van der Waals surface area contributed by atoms with Gasteiger partial charge >= 0.3 is 0 Å². The molecule has 0 saturated carbocycles. The molecular formula is C11H18BrNS. The van der Waals surface area contributed by atoms with Crippen molar-refractivity contribution in [1.29, 1.82) is 0 Å². The molecule has 1 N–H and O–H groups in total. The number of hydrogen-bond acceptors (Lipinski definition) is 2. The minimum Gasteiger partial charge on any atom is -0.310 e. The number of rotatable bonds is 5. The maximum Gasteiger partial charge on any atom is 0.0701 e. The van der Waals surface area contributed by atoms with Gasteiger partial charge in [-0.1, -0.05) is 20.8 Å². The van der Waals surface area contributed by atoms with Gasteiger partial charge in [-0.05, 0) is 46.9 Å². The predicted molar refractivity (Wildman–Crippen MR) is 67.9 cm³/mol. The maximum atomic E-state index is 3.53. The molecule has 0 aliphatic rings. The summed E-state index contributed by atoms with van der Waals surface area (Å²) in [4.78, 5) is 1.44. The monoisotopic (exact) mass is 275 g/mol. The topological polar surface area (TPSA) is 12.0 Å². The molecule has 0 radical (unpaired) electrons. The van der Waals surface area contributed by atoms with Crippen molar-refractivity contribution in [2.24, 2.45) is 5.92 Å². The molecule has 80 valence electrons. The van der Waals surface area contributed by atoms with Gasteiger partial charge in [0.2, 0.25) is 0 Å². The largest absolute Gasteiger partial charge is 0.310 e. The molecule has 1 aromatic heterocycles. The third kappa shape index (κ3) is 3.71. The zero-order chi connectivity index (χ0) is 10.6. The summed E-state index contributed by atoms with van der Waals surface area (Å²) >= 11 is 5.34. The van der Waals surface area contributed by atoms with E-state index in [1.807, 2.05) is 11.3 Å². The third-order valence-corrected chi connectivity index (χ3v) is 3.83. The number of nitrogens with one attached hydrogen (secondary N) is 1. The lowest BCUT2D eigenvalue weighted by molar-refractivity contribution is 0.443. The van der Waals surface area contributed by atoms with E-state index in [0.717, 1.165) is 12.5 Å². The van der Waals surface area contributed by atoms with Crippen molar-refractivity contribution >= 4 is 27.3 Å². The average Bonchev–Trinajstić information content (AvgIpc) is 2.50. The van der Waals surface area contributed by atoms with E-state index < -0.39 is 0 Å². The molecule has 0 aliphatic heterocycles. The molecule has 1 unspecified atom stereocenters. The lowest BCUT2D eigenvalue weighted by atomic mass is 10.0. The second-order valence-corrected chi connectivity index (χ2v) is 6.38. The van der Waals surface area contributed by atoms with Crippen LogP contribution in [0.3, 0.4) is 0 Å². The minimum atomic E-state index is 0.524. The van der Waals surface area contributed by atoms with Crippen LogP contribution in [0, 0.1) is 5.92 Å². The summed E-state index contributed by atoms with van der Waals surface area (Å²) in [5.41, 5.74) is 0. The van der Waals surface area contributed by atoms with E-state index in [4.69, 9.17) is 0 Å². The van der Waals surface area contributed by atoms with Crippen molar-refractivity contribution in [3.8, 4) is 0 Å². The van der Waals surface area contributed by atoms with Crippen molar-refractivity contribution in [2.75, 3.05) is 6.54 Å². The summed E-state index contributed by atoms with van der Waals surface area (Å²) in [6.45, 7) is 7.74. The Hall–Kier alpha value is 0.140. The van der Waals surface area contributed by atoms with Crippen molar-refractivity contribution in [1.82, 2.24) is 5.32 Å². The van der Waals surface area contributed by atoms with Crippen LogP contribution in [-0.4, -0.2) is 6.54 Å². The highest BCUT2D eigenvalue weighted by Gasteiger charge is 2.13. The molecule has 14 heavy (non-hydrogen) atoms. The molecule has 1 atom stereocenters. The molecule has 0 fully saturated rings. The SMILES string of the molecule is CCNC(CC(C)C)c1ccc(Br)s1. The van der Waals surface area contributed by atoms with Gasteiger partial charge in [0.05, 0.1) is 3.79 Å². The van der Waals surface area contributed by atoms with Gasteiger partial charge in [-0.25, -0.2) is 0 Å². The first kappa shape index (κ1) is 12.2. The van der Waals surface area contributed by atoms with Crippen LogP contribution in [0.2, 0.25) is 0 Å². The van der Waals surface area contributed by atoms with Crippen molar-refractivity contribution in [3.63, 3.8) is 0 Å². The van der Waals surface area contributed by atoms with Gasteiger partial charge in [0.1, 0.15) is 0 Å². The Balaban J connectivity index is 2.66. The highest BCUT2D eigenvalue weighted by atomic mass is 79.9. The highest BCUT2D eigenvalue weighted by molar-refractivity contribution is 9.11. The average molecular weight is 276 g/mol. The first-order valence-corrected chi connectivity index (χ1v) is 6.73. The van der Waals surface area contributed by atoms with Gasteiger partial charge in [-0.2, -0.15) is 0 Å². The summed E-state index contributed by atoms with van der Waals surface area (Å²) in [7, 11) is 0. The maximum absolute atomic E-state index is 3.53. The quantitative estimate of drug-likeness (QED) is 0.849. The first-order chi connectivity index (χ1) is 6.63. The van der Waals surface area contributed by atoms with Gasteiger partial charge in [0.15, 0.2) is 0 Å². The van der Waals surface area contributed by atoms with E-state index in [1.165, 1.54) is 15.1 Å². The van der Waals surface area contributed by atoms with E-state index >= 15 is 0 Å². The van der Waals surface area contributed by atoms with E-state index in [1.54, 1.807) is 0 Å². The van der Waals surface area contributed by atoms with Crippen LogP contribution in [-0.2, 0) is 0 Å². The fraction of sp³-hybridized carbons (Fsp3) is 0.636. The lowest BCUT2D eigenvalue weighted by Gasteiger charge is -2.18. The minimum absolute atomic E-state index is 0.524. The van der Waals surface area contributed by atoms with Crippen molar-refractivity contribution < 1.29 is 0 Å². The summed E-state index contributed by atoms with van der Waals surface area (Å²) in [6, 6.07) is 4.87. The fourth-order valence-electron chi connectivity index (χ4n) is 1.53. The van der Waals surface area contributed by atoms with Gasteiger partial charge < -0.3 is 5.32 Å². The zero-order valence-corrected chi connectivity index (χ0v) is 11.4. The summed E-state index contributed by atoms with van der Waals surface area (Å²) in [5.74, 6) is 0.736. The van der Waals surface area contributed by atoms with Crippen molar-refractivity contribution in [2.45, 2.75) is 33.2 Å². The molecule has 1 aromatic rings. The van der Waals surface area contributed by atoms with Gasteiger partial charge in [-0.3, -0.25) is 0 Å². The molecule has 0 aromatic carbocycles. The van der Waals surface area contributed by atoms with Gasteiger partial charge in [0, 0.05) is 10.9 Å². The standard InChI is InChI=1S/C11H18BrNS/c1-4-13-9(7-8(2)3)10-5-6-11(12)14-10/h5-6,8-9,13H,4,7H2,1-3H3. The molecule has 3 heteroatoms. The zero-order valence-electron chi connectivity index (χ0n) is 9.01. The van der Waals surface area contributed by atoms with Crippen LogP contribution in [0.4, 0.5) is 0 Å². The second kappa shape index (κ2) is 5.89. The Bertz CT molecular complexity index is 270. The van der Waals surface area contributed by atoms with Crippen LogP contribution < -0.4 is 5.32 Å². The second-order valence-electron chi connectivity index (χ2n) is 3.88. The predicted octanol–water partition coefficient (Wildman–Crippen LogP) is 4.21. The van der Waals surface area contributed by atoms with Crippen LogP contribution in [0.1, 0.15) is 38.1 Å². The van der Waals surface area contributed by atoms with Crippen molar-refractivity contribution in [3.05, 3.63) is 20.8 Å². The Morgan fingerprint density at radius 1 is 1.43 bits per heavy atom. The molecule has 0 amide bonds. The van der Waals surface area contributed by atoms with Crippen LogP contribution in [0.5, 0.6) is 0 Å². The van der Waals surface area contributed by atoms with E-state index in [-0.39, 0.29) is 0 Å². The molecule has 1 nitrogen and oxygen atoms in total. The smallest absolute Gasteiger partial charge is 0.0701 e. The Labute approximate surface area is 99.0 Å². The van der Waals surface area contributed by atoms with Crippen LogP contribution in [0.15, 0.2) is 15.9 Å². The van der Waals surface area contributed by atoms with E-state index in [0.29, 0.717) is 6.04 Å². The third-order valence-electron chi connectivity index (χ3n) is 2.10. The molecule has 1 heterocycles. The summed E-state index contributed by atoms with van der Waals surface area (Å²) < 4.78 is 1.22.